The maximum absolute atomic E-state index is 14.3. The summed E-state index contributed by atoms with van der Waals surface area (Å²) in [6.07, 6.45) is 2.92. The van der Waals surface area contributed by atoms with Crippen LogP contribution in [-0.4, -0.2) is 118 Å². The number of amides is 7. The molecule has 0 bridgehead atoms. The summed E-state index contributed by atoms with van der Waals surface area (Å²) in [5.41, 5.74) is 7.97. The Morgan fingerprint density at radius 1 is 0.625 bits per heavy atom. The van der Waals surface area contributed by atoms with Gasteiger partial charge in [-0.2, -0.15) is 0 Å². The lowest BCUT2D eigenvalue weighted by molar-refractivity contribution is -0.143. The summed E-state index contributed by atoms with van der Waals surface area (Å²) in [4.78, 5) is 108. The molecule has 0 spiro atoms. The van der Waals surface area contributed by atoms with Crippen molar-refractivity contribution >= 4 is 58.2 Å². The molecule has 64 heavy (non-hydrogen) atoms. The Bertz CT molecular complexity index is 2060. The van der Waals surface area contributed by atoms with Gasteiger partial charge in [-0.1, -0.05) is 103 Å². The minimum Gasteiger partial charge on any atom is -0.480 e. The van der Waals surface area contributed by atoms with Gasteiger partial charge in [0, 0.05) is 29.9 Å². The second-order valence-electron chi connectivity index (χ2n) is 16.5. The lowest BCUT2D eigenvalue weighted by Crippen LogP contribution is -2.60. The molecule has 19 heteroatoms. The Balaban J connectivity index is 1.78. The highest BCUT2D eigenvalue weighted by atomic mass is 16.4. The smallest absolute Gasteiger partial charge is 0.326 e. The molecule has 0 aliphatic rings. The van der Waals surface area contributed by atoms with E-state index in [2.05, 4.69) is 42.2 Å². The molecule has 0 fully saturated rings. The molecule has 1 heterocycles. The number of para-hydroxylation sites is 1. The summed E-state index contributed by atoms with van der Waals surface area (Å²) in [6.45, 7) is 8.78. The van der Waals surface area contributed by atoms with Gasteiger partial charge in [-0.25, -0.2) is 4.79 Å². The minimum absolute atomic E-state index is 0.0234. The molecule has 19 nitrogen and oxygen atoms in total. The Labute approximate surface area is 373 Å². The van der Waals surface area contributed by atoms with Gasteiger partial charge in [-0.05, 0) is 41.4 Å². The van der Waals surface area contributed by atoms with E-state index in [1.807, 2.05) is 38.1 Å². The van der Waals surface area contributed by atoms with Gasteiger partial charge < -0.3 is 58.1 Å². The predicted octanol–water partition coefficient (Wildman–Crippen LogP) is 0.152. The summed E-state index contributed by atoms with van der Waals surface area (Å²) in [7, 11) is 0. The second-order valence-corrected chi connectivity index (χ2v) is 16.5. The number of carbonyl (C=O) groups is 8. The van der Waals surface area contributed by atoms with Gasteiger partial charge >= 0.3 is 5.97 Å². The molecule has 0 saturated heterocycles. The highest BCUT2D eigenvalue weighted by Gasteiger charge is 2.34. The van der Waals surface area contributed by atoms with E-state index in [9.17, 15) is 48.6 Å². The molecule has 3 aromatic rings. The lowest BCUT2D eigenvalue weighted by atomic mass is 9.96. The van der Waals surface area contributed by atoms with Crippen molar-refractivity contribution in [3.63, 3.8) is 0 Å². The fourth-order valence-electron chi connectivity index (χ4n) is 6.83. The van der Waals surface area contributed by atoms with E-state index in [1.165, 1.54) is 0 Å². The van der Waals surface area contributed by atoms with Gasteiger partial charge in [0.1, 0.15) is 30.2 Å². The number of H-pyrrole nitrogens is 1. The van der Waals surface area contributed by atoms with Crippen LogP contribution in [0.3, 0.4) is 0 Å². The number of fused-ring (bicyclic) bond motifs is 1. The summed E-state index contributed by atoms with van der Waals surface area (Å²) >= 11 is 0. The number of rotatable bonds is 26. The maximum Gasteiger partial charge on any atom is 0.326 e. The van der Waals surface area contributed by atoms with E-state index in [1.54, 1.807) is 64.2 Å². The molecule has 12 N–H and O–H groups in total. The second kappa shape index (κ2) is 25.7. The number of carbonyl (C=O) groups excluding carboxylic acids is 7. The van der Waals surface area contributed by atoms with Crippen LogP contribution in [0.1, 0.15) is 71.9 Å². The van der Waals surface area contributed by atoms with E-state index in [-0.39, 0.29) is 18.8 Å². The first-order chi connectivity index (χ1) is 30.4. The zero-order valence-corrected chi connectivity index (χ0v) is 37.4. The Kier molecular flexibility index (Phi) is 20.9. The zero-order valence-electron chi connectivity index (χ0n) is 37.4. The predicted molar refractivity (Wildman–Crippen MR) is 239 cm³/mol. The van der Waals surface area contributed by atoms with Gasteiger partial charge in [-0.3, -0.25) is 33.6 Å². The van der Waals surface area contributed by atoms with Gasteiger partial charge in [0.05, 0.1) is 25.7 Å². The number of hydrogen-bond donors (Lipinski definition) is 11. The quantitative estimate of drug-likeness (QED) is 0.0516. The number of aromatic amines is 1. The molecule has 0 radical (unpaired) electrons. The van der Waals surface area contributed by atoms with Gasteiger partial charge in [0.25, 0.3) is 0 Å². The first kappa shape index (κ1) is 52.0. The number of aliphatic hydroxyl groups is 1. The number of aromatic nitrogens is 1. The van der Waals surface area contributed by atoms with Crippen molar-refractivity contribution < 1.29 is 48.6 Å². The van der Waals surface area contributed by atoms with Crippen LogP contribution in [0.2, 0.25) is 0 Å². The van der Waals surface area contributed by atoms with Gasteiger partial charge in [0.2, 0.25) is 41.4 Å². The Morgan fingerprint density at radius 2 is 1.17 bits per heavy atom. The highest BCUT2D eigenvalue weighted by Crippen LogP contribution is 2.20. The Hall–Kier alpha value is -6.34. The molecular formula is C45H65N9O10. The van der Waals surface area contributed by atoms with E-state index in [0.717, 1.165) is 10.9 Å². The SMILES string of the molecule is CC[C@H](C)[C@H](NC(=O)[C@H](Cc1c[nH]c2ccccc12)NC(=O)[C@H](Cc1ccccc1)NC(=O)[C@@H](NC(=O)CNC(=O)[C@H](CO)NC(=O)CNC(=O)[C@@H](N)CC(C)C)[C@@H](C)CC)C(=O)O. The molecule has 3 rings (SSSR count). The standard InChI is InChI=1S/C45H65N9O10/c1-7-26(5)38(53-37(57)23-49-41(59)35(24-55)50-36(56)22-48-40(58)31(46)18-25(3)4)44(62)52-33(19-28-14-10-9-11-15-28)42(60)51-34(43(61)54-39(45(63)64)27(6)8-2)20-29-21-47-32-17-13-12-16-30(29)32/h9-17,21,25-27,31,33-35,38-39,47,55H,7-8,18-20,22-24,46H2,1-6H3,(H,48,58)(H,49,59)(H,50,56)(H,51,60)(H,52,62)(H,53,57)(H,54,61)(H,63,64)/t26-,27-,31-,33-,34-,35-,38-,39-/m0/s1. The van der Waals surface area contributed by atoms with Crippen molar-refractivity contribution in [3.8, 4) is 0 Å². The molecule has 2 aromatic carbocycles. The van der Waals surface area contributed by atoms with Crippen LogP contribution in [0.5, 0.6) is 0 Å². The van der Waals surface area contributed by atoms with Crippen LogP contribution >= 0.6 is 0 Å². The van der Waals surface area contributed by atoms with E-state index in [0.29, 0.717) is 30.4 Å². The van der Waals surface area contributed by atoms with Crippen LogP contribution in [0, 0.1) is 17.8 Å². The number of carboxylic acid groups (broad SMARTS) is 1. The topological polar surface area (TPSA) is 303 Å². The minimum atomic E-state index is -1.47. The maximum atomic E-state index is 14.3. The summed E-state index contributed by atoms with van der Waals surface area (Å²) in [5.74, 6) is -7.27. The summed E-state index contributed by atoms with van der Waals surface area (Å²) in [6, 6.07) is 8.85. The first-order valence-corrected chi connectivity index (χ1v) is 21.6. The van der Waals surface area contributed by atoms with Gasteiger partial charge in [0.15, 0.2) is 0 Å². The molecular weight excluding hydrogens is 827 g/mol. The van der Waals surface area contributed by atoms with Crippen LogP contribution in [0.25, 0.3) is 10.9 Å². The van der Waals surface area contributed by atoms with Gasteiger partial charge in [-0.15, -0.1) is 0 Å². The van der Waals surface area contributed by atoms with Crippen LogP contribution in [0.15, 0.2) is 60.8 Å². The molecule has 1 aromatic heterocycles. The molecule has 0 unspecified atom stereocenters. The van der Waals surface area contributed by atoms with E-state index in [4.69, 9.17) is 5.73 Å². The lowest BCUT2D eigenvalue weighted by Gasteiger charge is -2.28. The average molecular weight is 892 g/mol. The van der Waals surface area contributed by atoms with E-state index < -0.39 is 115 Å². The molecule has 0 aliphatic heterocycles. The van der Waals surface area contributed by atoms with Crippen molar-refractivity contribution in [3.05, 3.63) is 71.9 Å². The van der Waals surface area contributed by atoms with E-state index >= 15 is 0 Å². The monoisotopic (exact) mass is 891 g/mol. The van der Waals surface area contributed by atoms with Crippen LogP contribution in [0.4, 0.5) is 0 Å². The van der Waals surface area contributed by atoms with Crippen molar-refractivity contribution in [2.75, 3.05) is 19.7 Å². The number of aliphatic hydroxyl groups excluding tert-OH is 1. The van der Waals surface area contributed by atoms with Crippen molar-refractivity contribution in [1.82, 2.24) is 42.2 Å². The fraction of sp³-hybridized carbons (Fsp3) is 0.511. The number of nitrogens with one attached hydrogen (secondary N) is 8. The molecule has 7 amide bonds. The summed E-state index contributed by atoms with van der Waals surface area (Å²) in [5, 5.41) is 38.3. The first-order valence-electron chi connectivity index (χ1n) is 21.6. The van der Waals surface area contributed by atoms with Crippen molar-refractivity contribution in [1.29, 1.82) is 0 Å². The number of aliphatic carboxylic acids is 1. The fourth-order valence-corrected chi connectivity index (χ4v) is 6.83. The number of hydrogen-bond acceptors (Lipinski definition) is 10. The number of nitrogens with two attached hydrogens (primary N) is 1. The molecule has 0 aliphatic carbocycles. The average Bonchev–Trinajstić information content (AvgIpc) is 3.68. The third-order valence-electron chi connectivity index (χ3n) is 11.0. The Morgan fingerprint density at radius 3 is 1.78 bits per heavy atom. The third-order valence-corrected chi connectivity index (χ3v) is 11.0. The van der Waals surface area contributed by atoms with Crippen molar-refractivity contribution in [2.45, 2.75) is 110 Å². The molecule has 0 saturated carbocycles. The molecule has 350 valence electrons. The van der Waals surface area contributed by atoms with Crippen LogP contribution < -0.4 is 43.0 Å². The van der Waals surface area contributed by atoms with Crippen molar-refractivity contribution in [2.24, 2.45) is 23.5 Å². The highest BCUT2D eigenvalue weighted by molar-refractivity contribution is 5.97. The number of carboxylic acids is 1. The summed E-state index contributed by atoms with van der Waals surface area (Å²) < 4.78 is 0. The molecule has 8 atom stereocenters. The third kappa shape index (κ3) is 16.1. The number of benzene rings is 2. The largest absolute Gasteiger partial charge is 0.480 e. The normalized spacial score (nSPS) is 15.0. The zero-order chi connectivity index (χ0) is 47.5. The van der Waals surface area contributed by atoms with Crippen LogP contribution in [-0.2, 0) is 51.2 Å².